The molecule has 1 atom stereocenters. The van der Waals surface area contributed by atoms with E-state index in [1.807, 2.05) is 0 Å². The summed E-state index contributed by atoms with van der Waals surface area (Å²) in [4.78, 5) is 15.0. The van der Waals surface area contributed by atoms with Crippen molar-refractivity contribution < 1.29 is 13.3 Å². The van der Waals surface area contributed by atoms with Crippen molar-refractivity contribution in [3.05, 3.63) is 74.6 Å². The van der Waals surface area contributed by atoms with Crippen LogP contribution >= 0.6 is 11.3 Å². The van der Waals surface area contributed by atoms with Crippen molar-refractivity contribution in [2.24, 2.45) is 4.40 Å². The van der Waals surface area contributed by atoms with Gasteiger partial charge in [0.1, 0.15) is 10.9 Å². The molecule has 0 fully saturated rings. The molecule has 2 heterocycles. The fourth-order valence-electron chi connectivity index (χ4n) is 2.90. The van der Waals surface area contributed by atoms with Gasteiger partial charge in [0.25, 0.3) is 15.7 Å². The molecule has 10 heteroatoms. The van der Waals surface area contributed by atoms with Crippen LogP contribution in [0.15, 0.2) is 63.2 Å². The summed E-state index contributed by atoms with van der Waals surface area (Å²) in [6.07, 6.45) is 0. The van der Waals surface area contributed by atoms with Crippen LogP contribution in [-0.2, 0) is 10.0 Å². The normalized spacial score (nSPS) is 15.3. The van der Waals surface area contributed by atoms with Gasteiger partial charge in [0.05, 0.1) is 27.3 Å². The molecule has 2 aromatic carbocycles. The average molecular weight is 410 g/mol. The minimum absolute atomic E-state index is 0.0657. The van der Waals surface area contributed by atoms with Gasteiger partial charge >= 0.3 is 0 Å². The Morgan fingerprint density at radius 2 is 1.96 bits per heavy atom. The van der Waals surface area contributed by atoms with Crippen molar-refractivity contribution in [1.82, 2.24) is 4.98 Å². The van der Waals surface area contributed by atoms with Crippen molar-refractivity contribution >= 4 is 32.8 Å². The number of rotatable bonds is 4. The van der Waals surface area contributed by atoms with Gasteiger partial charge in [0.2, 0.25) is 0 Å². The zero-order valence-electron chi connectivity index (χ0n) is 14.0. The van der Waals surface area contributed by atoms with Crippen LogP contribution in [0.5, 0.6) is 0 Å². The summed E-state index contributed by atoms with van der Waals surface area (Å²) in [5.74, 6) is -0.962. The van der Waals surface area contributed by atoms with Crippen molar-refractivity contribution in [1.29, 1.82) is 5.26 Å². The summed E-state index contributed by atoms with van der Waals surface area (Å²) in [6.45, 7) is 0. The summed E-state index contributed by atoms with van der Waals surface area (Å²) >= 11 is 1.17. The molecular weight excluding hydrogens is 400 g/mol. The molecule has 0 spiro atoms. The van der Waals surface area contributed by atoms with Crippen LogP contribution in [0.4, 0.5) is 5.69 Å². The van der Waals surface area contributed by atoms with Gasteiger partial charge in [-0.05, 0) is 6.07 Å². The zero-order chi connectivity index (χ0) is 19.9. The van der Waals surface area contributed by atoms with Gasteiger partial charge in [-0.15, -0.1) is 11.3 Å². The van der Waals surface area contributed by atoms with E-state index in [-0.39, 0.29) is 16.3 Å². The molecule has 28 heavy (non-hydrogen) atoms. The van der Waals surface area contributed by atoms with Gasteiger partial charge in [-0.2, -0.15) is 18.1 Å². The highest BCUT2D eigenvalue weighted by Gasteiger charge is 2.35. The third-order valence-corrected chi connectivity index (χ3v) is 6.44. The fourth-order valence-corrected chi connectivity index (χ4v) is 5.04. The fraction of sp³-hybridized carbons (Fsp3) is 0.0556. The number of nitro benzene ring substituents is 1. The lowest BCUT2D eigenvalue weighted by Crippen LogP contribution is -2.10. The van der Waals surface area contributed by atoms with E-state index in [9.17, 15) is 23.8 Å². The van der Waals surface area contributed by atoms with Crippen molar-refractivity contribution in [3.63, 3.8) is 0 Å². The smallest absolute Gasteiger partial charge is 0.258 e. The maximum Gasteiger partial charge on any atom is 0.283 e. The lowest BCUT2D eigenvalue weighted by atomic mass is 9.98. The second-order valence-electron chi connectivity index (χ2n) is 5.89. The molecule has 3 aromatic rings. The first-order valence-corrected chi connectivity index (χ1v) is 10.3. The summed E-state index contributed by atoms with van der Waals surface area (Å²) in [5.41, 5.74) is 1.47. The van der Waals surface area contributed by atoms with Gasteiger partial charge in [-0.1, -0.05) is 30.3 Å². The Hall–Kier alpha value is -3.42. The van der Waals surface area contributed by atoms with Gasteiger partial charge < -0.3 is 0 Å². The van der Waals surface area contributed by atoms with Crippen LogP contribution in [0.3, 0.4) is 0 Å². The Balaban J connectivity index is 1.75. The Labute approximate surface area is 163 Å². The molecule has 8 nitrogen and oxygen atoms in total. The first kappa shape index (κ1) is 18.0. The van der Waals surface area contributed by atoms with E-state index < -0.39 is 20.9 Å². The topological polar surface area (TPSA) is 126 Å². The number of nitro groups is 1. The quantitative estimate of drug-likeness (QED) is 0.478. The molecule has 0 aliphatic carbocycles. The van der Waals surface area contributed by atoms with Crippen molar-refractivity contribution in [2.75, 3.05) is 0 Å². The van der Waals surface area contributed by atoms with Crippen LogP contribution < -0.4 is 0 Å². The predicted molar refractivity (Wildman–Crippen MR) is 103 cm³/mol. The molecule has 1 aliphatic heterocycles. The van der Waals surface area contributed by atoms with Gasteiger partial charge in [0.15, 0.2) is 0 Å². The molecule has 0 saturated heterocycles. The second-order valence-corrected chi connectivity index (χ2v) is 8.35. The minimum Gasteiger partial charge on any atom is -0.258 e. The number of benzene rings is 2. The highest BCUT2D eigenvalue weighted by Crippen LogP contribution is 2.35. The van der Waals surface area contributed by atoms with Gasteiger partial charge in [-0.25, -0.2) is 4.98 Å². The Kier molecular flexibility index (Phi) is 4.26. The summed E-state index contributed by atoms with van der Waals surface area (Å²) in [7, 11) is -3.84. The zero-order valence-corrected chi connectivity index (χ0v) is 15.6. The molecule has 4 rings (SSSR count). The number of sulfonamides is 1. The maximum atomic E-state index is 12.3. The van der Waals surface area contributed by atoms with Gasteiger partial charge in [-0.3, -0.25) is 10.1 Å². The number of hydrogen-bond donors (Lipinski definition) is 0. The SMILES string of the molecule is N#CC(C1=NS(=O)(=O)c2ccccc21)c1nc(-c2cccc([N+](=O)[O-])c2)cs1. The standard InChI is InChI=1S/C18H10N4O4S2/c19-9-14(17-13-6-1-2-7-16(13)28(25,26)21-17)18-20-15(10-27-18)11-4-3-5-12(8-11)22(23)24/h1-8,10,14H. The van der Waals surface area contributed by atoms with E-state index in [0.29, 0.717) is 21.8 Å². The van der Waals surface area contributed by atoms with Crippen LogP contribution in [0, 0.1) is 21.4 Å². The summed E-state index contributed by atoms with van der Waals surface area (Å²) < 4.78 is 28.3. The molecule has 0 radical (unpaired) electrons. The molecule has 0 saturated carbocycles. The van der Waals surface area contributed by atoms with Gasteiger partial charge in [0, 0.05) is 28.6 Å². The van der Waals surface area contributed by atoms with E-state index in [1.54, 1.807) is 35.7 Å². The average Bonchev–Trinajstić information content (AvgIpc) is 3.27. The molecular formula is C18H10N4O4S2. The van der Waals surface area contributed by atoms with E-state index in [0.717, 1.165) is 0 Å². The summed E-state index contributed by atoms with van der Waals surface area (Å²) in [6, 6.07) is 14.4. The van der Waals surface area contributed by atoms with E-state index in [1.165, 1.54) is 29.5 Å². The number of nitrogens with zero attached hydrogens (tertiary/aromatic N) is 4. The molecule has 1 unspecified atom stereocenters. The third kappa shape index (κ3) is 2.96. The summed E-state index contributed by atoms with van der Waals surface area (Å²) in [5, 5.41) is 22.7. The number of nitriles is 1. The number of thiazole rings is 1. The number of non-ortho nitro benzene ring substituents is 1. The predicted octanol–water partition coefficient (Wildman–Crippen LogP) is 3.52. The Morgan fingerprint density at radius 3 is 2.71 bits per heavy atom. The first-order valence-electron chi connectivity index (χ1n) is 7.95. The van der Waals surface area contributed by atoms with E-state index in [2.05, 4.69) is 15.5 Å². The Bertz CT molecular complexity index is 1290. The third-order valence-electron chi connectivity index (χ3n) is 4.18. The second kappa shape index (κ2) is 6.63. The molecule has 138 valence electrons. The molecule has 0 bridgehead atoms. The first-order chi connectivity index (χ1) is 13.4. The number of fused-ring (bicyclic) bond motifs is 1. The largest absolute Gasteiger partial charge is 0.283 e. The Morgan fingerprint density at radius 1 is 1.18 bits per heavy atom. The highest BCUT2D eigenvalue weighted by molar-refractivity contribution is 7.90. The highest BCUT2D eigenvalue weighted by atomic mass is 32.2. The van der Waals surface area contributed by atoms with Crippen molar-refractivity contribution in [3.8, 4) is 17.3 Å². The van der Waals surface area contributed by atoms with Crippen LogP contribution in [0.1, 0.15) is 16.5 Å². The van der Waals surface area contributed by atoms with E-state index in [4.69, 9.17) is 0 Å². The maximum absolute atomic E-state index is 12.3. The number of hydrogen-bond acceptors (Lipinski definition) is 7. The molecule has 0 N–H and O–H groups in total. The lowest BCUT2D eigenvalue weighted by molar-refractivity contribution is -0.384. The van der Waals surface area contributed by atoms with Crippen LogP contribution in [-0.4, -0.2) is 24.0 Å². The van der Waals surface area contributed by atoms with Crippen LogP contribution in [0.2, 0.25) is 0 Å². The van der Waals surface area contributed by atoms with Crippen LogP contribution in [0.25, 0.3) is 11.3 Å². The minimum atomic E-state index is -3.84. The van der Waals surface area contributed by atoms with E-state index >= 15 is 0 Å². The molecule has 1 aromatic heterocycles. The molecule has 0 amide bonds. The van der Waals surface area contributed by atoms with Crippen molar-refractivity contribution in [2.45, 2.75) is 10.8 Å². The number of aromatic nitrogens is 1. The lowest BCUT2D eigenvalue weighted by Gasteiger charge is -2.06. The molecule has 1 aliphatic rings. The monoisotopic (exact) mass is 410 g/mol.